The Labute approximate surface area is 197 Å². The first-order valence-corrected chi connectivity index (χ1v) is 11.2. The fourth-order valence-electron chi connectivity index (χ4n) is 4.20. The van der Waals surface area contributed by atoms with Gasteiger partial charge in [0.1, 0.15) is 5.69 Å². The molecule has 4 rings (SSSR count). The third-order valence-electron chi connectivity index (χ3n) is 6.03. The van der Waals surface area contributed by atoms with Crippen LogP contribution in [0.5, 0.6) is 0 Å². The van der Waals surface area contributed by atoms with Gasteiger partial charge in [0, 0.05) is 55.0 Å². The molecule has 8 nitrogen and oxygen atoms in total. The zero-order valence-corrected chi connectivity index (χ0v) is 20.2. The maximum atomic E-state index is 12.4. The monoisotopic (exact) mass is 483 g/mol. The highest BCUT2D eigenvalue weighted by atomic mass is 19.4. The second-order valence-electron chi connectivity index (χ2n) is 10.5. The maximum Gasteiger partial charge on any atom is 0.522 e. The number of benzene rings is 1. The average molecular weight is 484 g/mol. The molecule has 0 aliphatic carbocycles. The molecule has 0 saturated carbocycles. The lowest BCUT2D eigenvalue weighted by Gasteiger charge is -2.49. The lowest BCUT2D eigenvalue weighted by atomic mass is 9.82. The van der Waals surface area contributed by atoms with Gasteiger partial charge >= 0.3 is 6.36 Å². The van der Waals surface area contributed by atoms with Crippen molar-refractivity contribution in [2.45, 2.75) is 40.0 Å². The van der Waals surface area contributed by atoms with Crippen LogP contribution in [0.3, 0.4) is 0 Å². The lowest BCUT2D eigenvalue weighted by molar-refractivity contribution is -0.333. The molecule has 2 aliphatic heterocycles. The van der Waals surface area contributed by atoms with Gasteiger partial charge < -0.3 is 19.3 Å². The molecule has 188 valence electrons. The Hall–Kier alpha value is -2.37. The first-order valence-electron chi connectivity index (χ1n) is 11.2. The van der Waals surface area contributed by atoms with Gasteiger partial charge in [-0.2, -0.15) is 0 Å². The van der Waals surface area contributed by atoms with Crippen LogP contribution in [0.15, 0.2) is 24.4 Å². The summed E-state index contributed by atoms with van der Waals surface area (Å²) in [6.07, 6.45) is -3.10. The van der Waals surface area contributed by atoms with E-state index in [0.29, 0.717) is 32.8 Å². The van der Waals surface area contributed by atoms with Crippen molar-refractivity contribution in [3.8, 4) is 11.3 Å². The number of hydrogen-bond acceptors (Lipinski definition) is 7. The van der Waals surface area contributed by atoms with Crippen molar-refractivity contribution in [1.29, 1.82) is 0 Å². The number of aromatic nitrogens is 3. The molecule has 2 fully saturated rings. The van der Waals surface area contributed by atoms with Gasteiger partial charge in [0.15, 0.2) is 6.29 Å². The molecule has 0 spiro atoms. The van der Waals surface area contributed by atoms with E-state index >= 15 is 0 Å². The molecule has 0 N–H and O–H groups in total. The van der Waals surface area contributed by atoms with Crippen molar-refractivity contribution in [1.82, 2.24) is 15.0 Å². The molecule has 0 radical (unpaired) electrons. The summed E-state index contributed by atoms with van der Waals surface area (Å²) in [5.74, 6) is 0. The van der Waals surface area contributed by atoms with Crippen LogP contribution in [0.1, 0.15) is 20.8 Å². The summed E-state index contributed by atoms with van der Waals surface area (Å²) in [7, 11) is 3.88. The Morgan fingerprint density at radius 1 is 1.15 bits per heavy atom. The first kappa shape index (κ1) is 24.7. The SMILES string of the molecule is CN(C)c1cc(N2CC(C)(COC(F)(F)F)C2)ccc1-c1cn(CC2OCC(C)(C)CO2)nn1. The number of nitrogens with zero attached hydrogens (tertiary/aromatic N) is 5. The highest BCUT2D eigenvalue weighted by molar-refractivity contribution is 5.79. The number of hydrogen-bond donors (Lipinski definition) is 0. The molecule has 2 aromatic rings. The Morgan fingerprint density at radius 3 is 2.44 bits per heavy atom. The van der Waals surface area contributed by atoms with Crippen LogP contribution >= 0.6 is 0 Å². The van der Waals surface area contributed by atoms with E-state index in [1.807, 2.05) is 48.3 Å². The minimum Gasteiger partial charge on any atom is -0.377 e. The predicted octanol–water partition coefficient (Wildman–Crippen LogP) is 3.77. The summed E-state index contributed by atoms with van der Waals surface area (Å²) in [4.78, 5) is 4.03. The van der Waals surface area contributed by atoms with E-state index in [-0.39, 0.29) is 18.3 Å². The maximum absolute atomic E-state index is 12.4. The quantitative estimate of drug-likeness (QED) is 0.594. The van der Waals surface area contributed by atoms with E-state index in [9.17, 15) is 13.2 Å². The zero-order chi connectivity index (χ0) is 24.7. The van der Waals surface area contributed by atoms with Crippen molar-refractivity contribution in [2.75, 3.05) is 56.8 Å². The van der Waals surface area contributed by atoms with Gasteiger partial charge in [-0.3, -0.25) is 4.74 Å². The van der Waals surface area contributed by atoms with Gasteiger partial charge in [-0.1, -0.05) is 26.0 Å². The van der Waals surface area contributed by atoms with Crippen LogP contribution in [-0.4, -0.2) is 74.7 Å². The zero-order valence-electron chi connectivity index (χ0n) is 20.2. The summed E-state index contributed by atoms with van der Waals surface area (Å²) in [6, 6.07) is 5.95. The first-order chi connectivity index (χ1) is 15.8. The smallest absolute Gasteiger partial charge is 0.377 e. The van der Waals surface area contributed by atoms with Gasteiger partial charge in [-0.05, 0) is 18.2 Å². The number of rotatable bonds is 7. The molecule has 0 atom stereocenters. The highest BCUT2D eigenvalue weighted by Crippen LogP contribution is 2.39. The fraction of sp³-hybridized carbons (Fsp3) is 0.652. The molecule has 2 aliphatic rings. The standard InChI is InChI=1S/C23H32F3N5O3/c1-21(2)13-32-20(33-14-21)10-31-9-18(27-28-31)17-7-6-16(8-19(17)29(4)5)30-11-22(3,12-30)15-34-23(24,25)26/h6-9,20H,10-15H2,1-5H3. The third-order valence-corrected chi connectivity index (χ3v) is 6.03. The summed E-state index contributed by atoms with van der Waals surface area (Å²) in [5, 5.41) is 8.58. The Kier molecular flexibility index (Phi) is 6.56. The molecule has 1 aromatic heterocycles. The average Bonchev–Trinajstić information content (AvgIpc) is 3.19. The summed E-state index contributed by atoms with van der Waals surface area (Å²) >= 11 is 0. The minimum atomic E-state index is -4.60. The summed E-state index contributed by atoms with van der Waals surface area (Å²) in [5.41, 5.74) is 2.99. The number of alkyl halides is 3. The second kappa shape index (κ2) is 9.01. The van der Waals surface area contributed by atoms with Gasteiger partial charge in [-0.25, -0.2) is 4.68 Å². The molecular formula is C23H32F3N5O3. The van der Waals surface area contributed by atoms with Crippen LogP contribution in [0.2, 0.25) is 0 Å². The molecule has 0 amide bonds. The van der Waals surface area contributed by atoms with Crippen LogP contribution in [-0.2, 0) is 20.8 Å². The third kappa shape index (κ3) is 5.81. The largest absolute Gasteiger partial charge is 0.522 e. The lowest BCUT2D eigenvalue weighted by Crippen LogP contribution is -2.57. The topological polar surface area (TPSA) is 64.9 Å². The summed E-state index contributed by atoms with van der Waals surface area (Å²) < 4.78 is 54.6. The van der Waals surface area contributed by atoms with Gasteiger partial charge in [0.05, 0.1) is 32.6 Å². The normalized spacial score (nSPS) is 20.3. The van der Waals surface area contributed by atoms with E-state index in [2.05, 4.69) is 28.9 Å². The van der Waals surface area contributed by atoms with Crippen LogP contribution in [0.25, 0.3) is 11.3 Å². The molecule has 1 aromatic carbocycles. The number of anilines is 2. The molecule has 3 heterocycles. The Balaban J connectivity index is 1.43. The number of ether oxygens (including phenoxy) is 3. The minimum absolute atomic E-state index is 0.00559. The van der Waals surface area contributed by atoms with E-state index < -0.39 is 11.8 Å². The highest BCUT2D eigenvalue weighted by Gasteiger charge is 2.43. The fourth-order valence-corrected chi connectivity index (χ4v) is 4.20. The van der Waals surface area contributed by atoms with Crippen LogP contribution in [0.4, 0.5) is 24.5 Å². The second-order valence-corrected chi connectivity index (χ2v) is 10.5. The van der Waals surface area contributed by atoms with Crippen LogP contribution in [0, 0.1) is 10.8 Å². The Bertz CT molecular complexity index is 992. The molecule has 11 heteroatoms. The van der Waals surface area contributed by atoms with Crippen molar-refractivity contribution in [3.05, 3.63) is 24.4 Å². The van der Waals surface area contributed by atoms with E-state index in [1.54, 1.807) is 11.6 Å². The molecule has 34 heavy (non-hydrogen) atoms. The van der Waals surface area contributed by atoms with Crippen molar-refractivity contribution < 1.29 is 27.4 Å². The van der Waals surface area contributed by atoms with E-state index in [1.165, 1.54) is 0 Å². The van der Waals surface area contributed by atoms with Gasteiger partial charge in [0.25, 0.3) is 0 Å². The van der Waals surface area contributed by atoms with E-state index in [4.69, 9.17) is 9.47 Å². The molecule has 0 unspecified atom stereocenters. The Morgan fingerprint density at radius 2 is 1.82 bits per heavy atom. The van der Waals surface area contributed by atoms with Gasteiger partial charge in [0.2, 0.25) is 0 Å². The van der Waals surface area contributed by atoms with Crippen molar-refractivity contribution in [2.24, 2.45) is 10.8 Å². The molecular weight excluding hydrogens is 451 g/mol. The predicted molar refractivity (Wildman–Crippen MR) is 122 cm³/mol. The summed E-state index contributed by atoms with van der Waals surface area (Å²) in [6.45, 7) is 8.33. The van der Waals surface area contributed by atoms with E-state index in [0.717, 1.165) is 22.6 Å². The molecule has 2 saturated heterocycles. The van der Waals surface area contributed by atoms with Crippen LogP contribution < -0.4 is 9.80 Å². The van der Waals surface area contributed by atoms with Crippen molar-refractivity contribution in [3.63, 3.8) is 0 Å². The van der Waals surface area contributed by atoms with Gasteiger partial charge in [-0.15, -0.1) is 18.3 Å². The number of halogens is 3. The molecule has 0 bridgehead atoms. The van der Waals surface area contributed by atoms with Crippen molar-refractivity contribution >= 4 is 11.4 Å².